The Kier molecular flexibility index (Phi) is 6.26. The Morgan fingerprint density at radius 1 is 0.969 bits per heavy atom. The second-order valence-corrected chi connectivity index (χ2v) is 8.46. The molecule has 2 aromatic heterocycles. The van der Waals surface area contributed by atoms with Crippen LogP contribution in [-0.4, -0.2) is 20.4 Å². The molecule has 2 heterocycles. The van der Waals surface area contributed by atoms with E-state index in [4.69, 9.17) is 4.42 Å². The molecule has 0 aliphatic heterocycles. The average molecular weight is 428 g/mol. The Hall–Kier alpha value is -3.60. The van der Waals surface area contributed by atoms with E-state index >= 15 is 0 Å². The number of carbonyl (C=O) groups excluding carboxylic acids is 1. The molecule has 164 valence electrons. The van der Waals surface area contributed by atoms with Gasteiger partial charge in [0.25, 0.3) is 5.91 Å². The van der Waals surface area contributed by atoms with E-state index in [1.165, 1.54) is 22.3 Å². The number of aryl methyl sites for hydroxylation is 4. The molecule has 5 heteroatoms. The molecule has 0 N–H and O–H groups in total. The first kappa shape index (κ1) is 21.6. The van der Waals surface area contributed by atoms with Crippen LogP contribution in [0, 0.1) is 27.7 Å². The molecule has 0 aliphatic rings. The molecule has 0 fully saturated rings. The van der Waals surface area contributed by atoms with E-state index < -0.39 is 0 Å². The van der Waals surface area contributed by atoms with Gasteiger partial charge in [0.15, 0.2) is 0 Å². The summed E-state index contributed by atoms with van der Waals surface area (Å²) in [6, 6.07) is 15.8. The van der Waals surface area contributed by atoms with Crippen molar-refractivity contribution in [2.75, 3.05) is 0 Å². The van der Waals surface area contributed by atoms with Gasteiger partial charge in [0.05, 0.1) is 19.4 Å². The number of furan rings is 1. The molecule has 0 saturated carbocycles. The summed E-state index contributed by atoms with van der Waals surface area (Å²) in [5, 5.41) is 0. The largest absolute Gasteiger partial charge is 0.467 e. The molecule has 5 nitrogen and oxygen atoms in total. The quantitative estimate of drug-likeness (QED) is 0.386. The molecule has 0 radical (unpaired) electrons. The predicted molar refractivity (Wildman–Crippen MR) is 125 cm³/mol. The number of imidazole rings is 1. The maximum absolute atomic E-state index is 13.4. The molecule has 0 bridgehead atoms. The topological polar surface area (TPSA) is 51.3 Å². The van der Waals surface area contributed by atoms with Gasteiger partial charge in [-0.2, -0.15) is 0 Å². The second kappa shape index (κ2) is 9.27. The number of benzene rings is 2. The Bertz CT molecular complexity index is 1180. The van der Waals surface area contributed by atoms with Crippen molar-refractivity contribution in [2.24, 2.45) is 0 Å². The van der Waals surface area contributed by atoms with Gasteiger partial charge in [-0.3, -0.25) is 4.79 Å². The first-order valence-electron chi connectivity index (χ1n) is 10.9. The zero-order chi connectivity index (χ0) is 22.7. The Labute approximate surface area is 189 Å². The summed E-state index contributed by atoms with van der Waals surface area (Å²) in [5.41, 5.74) is 6.87. The van der Waals surface area contributed by atoms with E-state index in [9.17, 15) is 4.79 Å². The van der Waals surface area contributed by atoms with Crippen LogP contribution in [0.25, 0.3) is 0 Å². The third kappa shape index (κ3) is 4.83. The fourth-order valence-corrected chi connectivity index (χ4v) is 4.10. The van der Waals surface area contributed by atoms with E-state index in [0.29, 0.717) is 18.7 Å². The van der Waals surface area contributed by atoms with Crippen molar-refractivity contribution in [3.63, 3.8) is 0 Å². The summed E-state index contributed by atoms with van der Waals surface area (Å²) in [4.78, 5) is 19.7. The monoisotopic (exact) mass is 427 g/mol. The summed E-state index contributed by atoms with van der Waals surface area (Å²) in [6.45, 7) is 9.93. The van der Waals surface area contributed by atoms with Gasteiger partial charge >= 0.3 is 0 Å². The van der Waals surface area contributed by atoms with Crippen molar-refractivity contribution in [1.29, 1.82) is 0 Å². The molecule has 4 aromatic rings. The lowest BCUT2D eigenvalue weighted by Gasteiger charge is -2.23. The highest BCUT2D eigenvalue weighted by atomic mass is 16.3. The molecule has 0 spiro atoms. The normalized spacial score (nSPS) is 11.0. The van der Waals surface area contributed by atoms with E-state index in [1.807, 2.05) is 49.5 Å². The van der Waals surface area contributed by atoms with Crippen molar-refractivity contribution < 1.29 is 9.21 Å². The fourth-order valence-electron chi connectivity index (χ4n) is 4.10. The Morgan fingerprint density at radius 2 is 1.69 bits per heavy atom. The van der Waals surface area contributed by atoms with Gasteiger partial charge in [-0.05, 0) is 68.7 Å². The number of aromatic nitrogens is 2. The SMILES string of the molecule is Cc1ccc(C(=O)N(Cc2ccco2)Cc2nccn2Cc2c(C)cc(C)cc2C)cc1. The lowest BCUT2D eigenvalue weighted by atomic mass is 10.00. The van der Waals surface area contributed by atoms with Gasteiger partial charge in [0.2, 0.25) is 0 Å². The van der Waals surface area contributed by atoms with Crippen LogP contribution in [0.4, 0.5) is 0 Å². The minimum atomic E-state index is -0.0429. The molecule has 32 heavy (non-hydrogen) atoms. The molecule has 4 rings (SSSR count). The zero-order valence-corrected chi connectivity index (χ0v) is 19.1. The maximum atomic E-state index is 13.4. The van der Waals surface area contributed by atoms with Crippen LogP contribution in [0.3, 0.4) is 0 Å². The van der Waals surface area contributed by atoms with Crippen LogP contribution in [-0.2, 0) is 19.6 Å². The first-order chi connectivity index (χ1) is 15.4. The van der Waals surface area contributed by atoms with Gasteiger partial charge in [0.1, 0.15) is 11.6 Å². The van der Waals surface area contributed by atoms with Gasteiger partial charge < -0.3 is 13.9 Å². The Balaban J connectivity index is 1.61. The number of nitrogens with zero attached hydrogens (tertiary/aromatic N) is 3. The van der Waals surface area contributed by atoms with Gasteiger partial charge in [-0.25, -0.2) is 4.98 Å². The van der Waals surface area contributed by atoms with Crippen LogP contribution < -0.4 is 0 Å². The first-order valence-corrected chi connectivity index (χ1v) is 10.9. The molecule has 0 saturated heterocycles. The standard InChI is InChI=1S/C27H29N3O2/c1-19-7-9-23(10-8-19)27(31)30(16-24-6-5-13-32-24)18-26-28-11-12-29(26)17-25-21(3)14-20(2)15-22(25)4/h5-15H,16-18H2,1-4H3. The van der Waals surface area contributed by atoms with Crippen LogP contribution >= 0.6 is 0 Å². The molecule has 0 unspecified atom stereocenters. The summed E-state index contributed by atoms with van der Waals surface area (Å²) < 4.78 is 7.66. The van der Waals surface area contributed by atoms with E-state index in [1.54, 1.807) is 17.4 Å². The molecular weight excluding hydrogens is 398 g/mol. The fraction of sp³-hybridized carbons (Fsp3) is 0.259. The third-order valence-electron chi connectivity index (χ3n) is 5.82. The highest BCUT2D eigenvalue weighted by Crippen LogP contribution is 2.20. The molecular formula is C27H29N3O2. The lowest BCUT2D eigenvalue weighted by Crippen LogP contribution is -2.31. The van der Waals surface area contributed by atoms with Gasteiger partial charge in [0, 0.05) is 24.5 Å². The van der Waals surface area contributed by atoms with E-state index in [-0.39, 0.29) is 5.91 Å². The van der Waals surface area contributed by atoms with Crippen LogP contribution in [0.5, 0.6) is 0 Å². The van der Waals surface area contributed by atoms with Crippen molar-refractivity contribution in [3.05, 3.63) is 112 Å². The van der Waals surface area contributed by atoms with E-state index in [2.05, 4.69) is 42.5 Å². The van der Waals surface area contributed by atoms with Gasteiger partial charge in [-0.1, -0.05) is 35.4 Å². The molecule has 0 atom stereocenters. The molecule has 1 amide bonds. The highest BCUT2D eigenvalue weighted by Gasteiger charge is 2.20. The van der Waals surface area contributed by atoms with Crippen LogP contribution in [0.15, 0.2) is 71.6 Å². The number of rotatable bonds is 7. The number of hydrogen-bond acceptors (Lipinski definition) is 3. The smallest absolute Gasteiger partial charge is 0.254 e. The summed E-state index contributed by atoms with van der Waals surface area (Å²) in [5.74, 6) is 1.55. The van der Waals surface area contributed by atoms with Crippen molar-refractivity contribution in [2.45, 2.75) is 47.3 Å². The van der Waals surface area contributed by atoms with Crippen molar-refractivity contribution in [1.82, 2.24) is 14.5 Å². The average Bonchev–Trinajstić information content (AvgIpc) is 3.42. The zero-order valence-electron chi connectivity index (χ0n) is 19.1. The maximum Gasteiger partial charge on any atom is 0.254 e. The summed E-state index contributed by atoms with van der Waals surface area (Å²) >= 11 is 0. The number of hydrogen-bond donors (Lipinski definition) is 0. The summed E-state index contributed by atoms with van der Waals surface area (Å²) in [6.07, 6.45) is 5.42. The molecule has 0 aliphatic carbocycles. The predicted octanol–water partition coefficient (Wildman–Crippen LogP) is 5.60. The second-order valence-electron chi connectivity index (χ2n) is 8.46. The lowest BCUT2D eigenvalue weighted by molar-refractivity contribution is 0.0711. The van der Waals surface area contributed by atoms with Crippen LogP contribution in [0.1, 0.15) is 49.8 Å². The minimum Gasteiger partial charge on any atom is -0.467 e. The molecule has 2 aromatic carbocycles. The number of carbonyl (C=O) groups is 1. The van der Waals surface area contributed by atoms with Crippen molar-refractivity contribution >= 4 is 5.91 Å². The number of amides is 1. The highest BCUT2D eigenvalue weighted by molar-refractivity contribution is 5.94. The van der Waals surface area contributed by atoms with Gasteiger partial charge in [-0.15, -0.1) is 0 Å². The van der Waals surface area contributed by atoms with Crippen LogP contribution in [0.2, 0.25) is 0 Å². The summed E-state index contributed by atoms with van der Waals surface area (Å²) in [7, 11) is 0. The van der Waals surface area contributed by atoms with Crippen molar-refractivity contribution in [3.8, 4) is 0 Å². The Morgan fingerprint density at radius 3 is 2.34 bits per heavy atom. The third-order valence-corrected chi connectivity index (χ3v) is 5.82. The van der Waals surface area contributed by atoms with E-state index in [0.717, 1.165) is 23.7 Å². The minimum absolute atomic E-state index is 0.0429.